The van der Waals surface area contributed by atoms with Crippen LogP contribution >= 0.6 is 23.5 Å². The summed E-state index contributed by atoms with van der Waals surface area (Å²) in [7, 11) is -1.71. The van der Waals surface area contributed by atoms with Crippen LogP contribution in [0, 0.1) is 5.92 Å². The van der Waals surface area contributed by atoms with Gasteiger partial charge in [-0.3, -0.25) is 13.8 Å². The Hall–Kier alpha value is -1.82. The molecule has 0 aromatic heterocycles. The van der Waals surface area contributed by atoms with Gasteiger partial charge in [0.05, 0.1) is 29.8 Å². The average Bonchev–Trinajstić information content (AvgIpc) is 3.10. The first kappa shape index (κ1) is 27.0. The topological polar surface area (TPSA) is 80.3 Å². The fourth-order valence-corrected chi connectivity index (χ4v) is 8.96. The maximum atomic E-state index is 13.2. The summed E-state index contributed by atoms with van der Waals surface area (Å²) in [6.45, 7) is 4.25. The Balaban J connectivity index is 1.25. The van der Waals surface area contributed by atoms with Crippen molar-refractivity contribution in [3.8, 4) is 5.75 Å². The van der Waals surface area contributed by atoms with Crippen LogP contribution in [0.15, 0.2) is 41.3 Å². The van der Waals surface area contributed by atoms with Crippen LogP contribution < -0.4 is 14.4 Å². The zero-order chi connectivity index (χ0) is 27.3. The van der Waals surface area contributed by atoms with Gasteiger partial charge in [0.1, 0.15) is 24.6 Å². The van der Waals surface area contributed by atoms with Crippen molar-refractivity contribution >= 4 is 46.1 Å². The minimum absolute atomic E-state index is 0.0599. The smallest absolute Gasteiger partial charge is 0.257 e. The number of hydrogen-bond donors (Lipinski definition) is 1. The Morgan fingerprint density at radius 2 is 1.98 bits per heavy atom. The van der Waals surface area contributed by atoms with Crippen LogP contribution in [0.4, 0.5) is 5.69 Å². The molecule has 2 aromatic carbocycles. The lowest BCUT2D eigenvalue weighted by Gasteiger charge is -2.45. The van der Waals surface area contributed by atoms with Gasteiger partial charge < -0.3 is 19.1 Å². The summed E-state index contributed by atoms with van der Waals surface area (Å²) in [6.07, 6.45) is 5.05. The SMILES string of the molecule is O=C1COC2CCN(CC2)SC2CCC2CN2C[C@]3(COc4ccc(cc42)S(=O)N1)OCCc1cc(Cl)ccc13. The predicted molar refractivity (Wildman–Crippen MR) is 156 cm³/mol. The van der Waals surface area contributed by atoms with E-state index in [2.05, 4.69) is 20.0 Å². The van der Waals surface area contributed by atoms with Gasteiger partial charge in [0.2, 0.25) is 0 Å². The number of piperidine rings is 1. The van der Waals surface area contributed by atoms with E-state index in [0.717, 1.165) is 60.9 Å². The van der Waals surface area contributed by atoms with Crippen molar-refractivity contribution in [1.29, 1.82) is 0 Å². The van der Waals surface area contributed by atoms with Crippen LogP contribution in [0.25, 0.3) is 0 Å². The quantitative estimate of drug-likeness (QED) is 0.452. The molecule has 0 radical (unpaired) electrons. The molecule has 1 aliphatic carbocycles. The van der Waals surface area contributed by atoms with Crippen molar-refractivity contribution in [2.24, 2.45) is 5.92 Å². The third kappa shape index (κ3) is 5.27. The number of nitrogens with one attached hydrogen (secondary N) is 1. The van der Waals surface area contributed by atoms with Crippen LogP contribution in [0.5, 0.6) is 5.75 Å². The normalized spacial score (nSPS) is 34.0. The molecule has 4 bridgehead atoms. The Kier molecular flexibility index (Phi) is 7.51. The second kappa shape index (κ2) is 11.1. The van der Waals surface area contributed by atoms with E-state index in [-0.39, 0.29) is 18.6 Å². The molecule has 2 aromatic rings. The van der Waals surface area contributed by atoms with E-state index < -0.39 is 16.6 Å². The van der Waals surface area contributed by atoms with E-state index in [1.54, 1.807) is 6.07 Å². The van der Waals surface area contributed by atoms with Gasteiger partial charge in [-0.2, -0.15) is 0 Å². The molecule has 1 saturated heterocycles. The third-order valence-electron chi connectivity index (χ3n) is 8.84. The summed E-state index contributed by atoms with van der Waals surface area (Å²) in [5.41, 5.74) is 2.57. The van der Waals surface area contributed by atoms with E-state index in [9.17, 15) is 9.00 Å². The number of benzene rings is 2. The maximum absolute atomic E-state index is 13.2. The number of amides is 1. The molecule has 5 aliphatic heterocycles. The molecule has 40 heavy (non-hydrogen) atoms. The highest BCUT2D eigenvalue weighted by molar-refractivity contribution is 7.97. The van der Waals surface area contributed by atoms with Crippen LogP contribution in [0.2, 0.25) is 5.02 Å². The van der Waals surface area contributed by atoms with Gasteiger partial charge in [0.25, 0.3) is 5.91 Å². The second-order valence-corrected chi connectivity index (χ2v) is 14.4. The molecule has 5 heterocycles. The van der Waals surface area contributed by atoms with Crippen molar-refractivity contribution in [2.75, 3.05) is 50.9 Å². The van der Waals surface area contributed by atoms with Crippen LogP contribution in [-0.4, -0.2) is 71.8 Å². The Labute approximate surface area is 246 Å². The van der Waals surface area contributed by atoms with Crippen LogP contribution in [0.3, 0.4) is 0 Å². The number of halogens is 1. The summed E-state index contributed by atoms with van der Waals surface area (Å²) in [5.74, 6) is 0.881. The highest BCUT2D eigenvalue weighted by Crippen LogP contribution is 2.46. The molecule has 1 saturated carbocycles. The van der Waals surface area contributed by atoms with Gasteiger partial charge in [-0.25, -0.2) is 4.21 Å². The standard InChI is InChI=1S/C29H34ClN3O5S2/c30-21-2-4-24-19(13-21)9-12-38-29(24)17-32-15-20-1-6-27(20)39-33-10-7-22(8-11-33)36-16-28(34)31-40(35)23-3-5-26(37-18-29)25(32)14-23/h2-5,13-14,20,22,27H,1,6-12,15-18H2,(H,31,34)/t20?,27?,29-,40?/m1/s1. The molecule has 11 heteroatoms. The molecule has 8 nitrogen and oxygen atoms in total. The number of hydrogen-bond acceptors (Lipinski definition) is 8. The predicted octanol–water partition coefficient (Wildman–Crippen LogP) is 4.07. The highest BCUT2D eigenvalue weighted by atomic mass is 35.5. The number of ether oxygens (including phenoxy) is 3. The van der Waals surface area contributed by atoms with Gasteiger partial charge in [0, 0.05) is 29.9 Å². The molecule has 8 rings (SSSR count). The average molecular weight is 604 g/mol. The van der Waals surface area contributed by atoms with Gasteiger partial charge >= 0.3 is 0 Å². The highest BCUT2D eigenvalue weighted by Gasteiger charge is 2.45. The van der Waals surface area contributed by atoms with Gasteiger partial charge in [0.15, 0.2) is 11.0 Å². The number of nitrogens with zero attached hydrogens (tertiary/aromatic N) is 2. The summed E-state index contributed by atoms with van der Waals surface area (Å²) >= 11 is 8.37. The monoisotopic (exact) mass is 603 g/mol. The molecule has 1 spiro atoms. The fraction of sp³-hybridized carbons (Fsp3) is 0.552. The lowest BCUT2D eigenvalue weighted by Crippen LogP contribution is -2.51. The Morgan fingerprint density at radius 3 is 2.80 bits per heavy atom. The van der Waals surface area contributed by atoms with Gasteiger partial charge in [-0.15, -0.1) is 0 Å². The van der Waals surface area contributed by atoms with E-state index in [1.807, 2.05) is 36.2 Å². The first-order valence-electron chi connectivity index (χ1n) is 14.1. The summed E-state index contributed by atoms with van der Waals surface area (Å²) in [5, 5.41) is 1.28. The Morgan fingerprint density at radius 1 is 1.10 bits per heavy atom. The van der Waals surface area contributed by atoms with E-state index in [1.165, 1.54) is 18.4 Å². The third-order valence-corrected chi connectivity index (χ3v) is 11.7. The zero-order valence-corrected chi connectivity index (χ0v) is 24.7. The fourth-order valence-electron chi connectivity index (χ4n) is 6.53. The van der Waals surface area contributed by atoms with Gasteiger partial charge in [-0.05, 0) is 79.5 Å². The molecular formula is C29H34ClN3O5S2. The minimum Gasteiger partial charge on any atom is -0.488 e. The molecule has 2 fully saturated rings. The molecular weight excluding hydrogens is 570 g/mol. The van der Waals surface area contributed by atoms with Crippen molar-refractivity contribution in [3.63, 3.8) is 0 Å². The number of anilines is 1. The molecule has 214 valence electrons. The van der Waals surface area contributed by atoms with Crippen molar-refractivity contribution in [1.82, 2.24) is 9.03 Å². The van der Waals surface area contributed by atoms with Crippen molar-refractivity contribution in [2.45, 2.75) is 54.0 Å². The molecule has 1 N–H and O–H groups in total. The zero-order valence-electron chi connectivity index (χ0n) is 22.3. The van der Waals surface area contributed by atoms with E-state index in [0.29, 0.717) is 35.8 Å². The first-order valence-corrected chi connectivity index (χ1v) is 16.5. The summed E-state index contributed by atoms with van der Waals surface area (Å²) < 4.78 is 37.3. The second-order valence-electron chi connectivity index (χ2n) is 11.4. The molecule has 4 atom stereocenters. The van der Waals surface area contributed by atoms with Crippen molar-refractivity contribution in [3.05, 3.63) is 52.5 Å². The number of rotatable bonds is 0. The number of carbonyl (C=O) groups is 1. The molecule has 6 aliphatic rings. The lowest BCUT2D eigenvalue weighted by atomic mass is 9.82. The van der Waals surface area contributed by atoms with Crippen LogP contribution in [0.1, 0.15) is 36.8 Å². The number of fused-ring (bicyclic) bond motifs is 8. The first-order chi connectivity index (χ1) is 19.5. The molecule has 1 amide bonds. The number of carbonyl (C=O) groups excluding carboxylic acids is 1. The van der Waals surface area contributed by atoms with Gasteiger partial charge in [-0.1, -0.05) is 29.6 Å². The Bertz CT molecular complexity index is 1320. The maximum Gasteiger partial charge on any atom is 0.257 e. The van der Waals surface area contributed by atoms with E-state index >= 15 is 0 Å². The molecule has 3 unspecified atom stereocenters. The summed E-state index contributed by atoms with van der Waals surface area (Å²) in [4.78, 5) is 15.5. The minimum atomic E-state index is -1.71. The van der Waals surface area contributed by atoms with E-state index in [4.69, 9.17) is 25.8 Å². The van der Waals surface area contributed by atoms with Crippen molar-refractivity contribution < 1.29 is 23.2 Å². The van der Waals surface area contributed by atoms with Crippen LogP contribution in [-0.2, 0) is 37.3 Å². The summed E-state index contributed by atoms with van der Waals surface area (Å²) in [6, 6.07) is 11.6. The largest absolute Gasteiger partial charge is 0.488 e. The lowest BCUT2D eigenvalue weighted by molar-refractivity contribution is -0.126.